The van der Waals surface area contributed by atoms with E-state index >= 15 is 0 Å². The largest absolute Gasteiger partial charge is 0.480 e. The Labute approximate surface area is 189 Å². The predicted octanol–water partition coefficient (Wildman–Crippen LogP) is 5.93. The van der Waals surface area contributed by atoms with Crippen molar-refractivity contribution in [3.8, 4) is 11.1 Å². The van der Waals surface area contributed by atoms with Crippen molar-refractivity contribution in [3.63, 3.8) is 0 Å². The maximum absolute atomic E-state index is 12.1. The molecule has 0 fully saturated rings. The van der Waals surface area contributed by atoms with Gasteiger partial charge < -0.3 is 10.4 Å². The van der Waals surface area contributed by atoms with E-state index in [0.29, 0.717) is 12.2 Å². The molecule has 0 saturated heterocycles. The van der Waals surface area contributed by atoms with E-state index in [9.17, 15) is 9.90 Å². The van der Waals surface area contributed by atoms with Crippen LogP contribution in [-0.2, 0) is 11.2 Å². The van der Waals surface area contributed by atoms with Crippen molar-refractivity contribution in [2.45, 2.75) is 19.4 Å². The highest BCUT2D eigenvalue weighted by Gasteiger charge is 2.23. The van der Waals surface area contributed by atoms with Crippen LogP contribution in [0.2, 0.25) is 0 Å². The summed E-state index contributed by atoms with van der Waals surface area (Å²) in [6.45, 7) is 2.08. The normalized spacial score (nSPS) is 12.2. The number of nitrogens with one attached hydrogen (secondary N) is 1. The number of carboxylic acids is 1. The smallest absolute Gasteiger partial charge is 0.326 e. The van der Waals surface area contributed by atoms with Crippen LogP contribution in [0.1, 0.15) is 10.4 Å². The first kappa shape index (κ1) is 20.2. The fourth-order valence-electron chi connectivity index (χ4n) is 4.14. The average Bonchev–Trinajstić information content (AvgIpc) is 3.15. The number of hydrogen-bond donors (Lipinski definition) is 2. The number of nitrogens with zero attached hydrogens (tertiary/aromatic N) is 2. The van der Waals surface area contributed by atoms with Gasteiger partial charge in [0.15, 0.2) is 0 Å². The second-order valence-corrected chi connectivity index (χ2v) is 8.89. The summed E-state index contributed by atoms with van der Waals surface area (Å²) in [5.41, 5.74) is 3.10. The molecule has 0 radical (unpaired) electrons. The zero-order chi connectivity index (χ0) is 22.1. The third kappa shape index (κ3) is 3.69. The molecule has 6 heteroatoms. The molecule has 1 atom stereocenters. The number of carboxylic acid groups (broad SMARTS) is 1. The monoisotopic (exact) mass is 439 g/mol. The van der Waals surface area contributed by atoms with Gasteiger partial charge in [0.25, 0.3) is 0 Å². The molecule has 0 aliphatic carbocycles. The first-order valence-corrected chi connectivity index (χ1v) is 11.2. The van der Waals surface area contributed by atoms with E-state index in [4.69, 9.17) is 0 Å². The molecule has 2 N–H and O–H groups in total. The fraction of sp³-hybridized carbons (Fsp3) is 0.115. The number of aliphatic carboxylic acids is 1. The molecule has 0 bridgehead atoms. The lowest BCUT2D eigenvalue weighted by molar-refractivity contribution is -0.137. The maximum atomic E-state index is 12.1. The molecule has 0 aliphatic rings. The minimum Gasteiger partial charge on any atom is -0.480 e. The van der Waals surface area contributed by atoms with Crippen molar-refractivity contribution >= 4 is 44.1 Å². The number of fused-ring (bicyclic) bond motifs is 2. The number of carbonyl (C=O) groups is 1. The Hall–Kier alpha value is -3.77. The molecule has 2 aromatic heterocycles. The minimum absolute atomic E-state index is 0.356. The molecule has 5 nitrogen and oxygen atoms in total. The van der Waals surface area contributed by atoms with Crippen molar-refractivity contribution in [1.82, 2.24) is 9.97 Å². The van der Waals surface area contributed by atoms with E-state index in [0.717, 1.165) is 42.6 Å². The van der Waals surface area contributed by atoms with Crippen LogP contribution in [-0.4, -0.2) is 27.1 Å². The minimum atomic E-state index is -0.917. The maximum Gasteiger partial charge on any atom is 0.326 e. The Morgan fingerprint density at radius 3 is 2.56 bits per heavy atom. The quantitative estimate of drug-likeness (QED) is 0.343. The molecule has 3 aromatic carbocycles. The highest BCUT2D eigenvalue weighted by Crippen LogP contribution is 2.42. The molecular formula is C26H21N3O2S. The molecule has 0 spiro atoms. The Morgan fingerprint density at radius 1 is 1.00 bits per heavy atom. The van der Waals surface area contributed by atoms with Gasteiger partial charge in [-0.15, -0.1) is 11.3 Å². The third-order valence-corrected chi connectivity index (χ3v) is 6.63. The summed E-state index contributed by atoms with van der Waals surface area (Å²) in [7, 11) is 0. The standard InChI is InChI=1S/C26H21N3O2S/c1-16-22(20-13-7-11-18-10-5-6-12-19(18)20)23-24(27-15-28-25(23)32-16)29-21(26(30)31)14-17-8-3-2-4-9-17/h2-13,15,21H,14H2,1H3,(H,30,31)(H,27,28,29). The van der Waals surface area contributed by atoms with Gasteiger partial charge in [0.2, 0.25) is 0 Å². The van der Waals surface area contributed by atoms with Crippen LogP contribution in [0.25, 0.3) is 32.1 Å². The first-order chi connectivity index (χ1) is 15.6. The van der Waals surface area contributed by atoms with Gasteiger partial charge in [-0.2, -0.15) is 0 Å². The van der Waals surface area contributed by atoms with Gasteiger partial charge in [-0.05, 0) is 28.8 Å². The molecule has 5 aromatic rings. The van der Waals surface area contributed by atoms with Gasteiger partial charge in [0.1, 0.15) is 23.0 Å². The molecule has 158 valence electrons. The highest BCUT2D eigenvalue weighted by atomic mass is 32.1. The molecule has 32 heavy (non-hydrogen) atoms. The van der Waals surface area contributed by atoms with E-state index in [2.05, 4.69) is 46.5 Å². The SMILES string of the molecule is Cc1sc2ncnc(NC(Cc3ccccc3)C(=O)O)c2c1-c1cccc2ccccc12. The van der Waals surface area contributed by atoms with Gasteiger partial charge >= 0.3 is 5.97 Å². The second kappa shape index (κ2) is 8.40. The summed E-state index contributed by atoms with van der Waals surface area (Å²) in [6.07, 6.45) is 1.85. The first-order valence-electron chi connectivity index (χ1n) is 10.4. The summed E-state index contributed by atoms with van der Waals surface area (Å²) >= 11 is 1.60. The molecule has 0 saturated carbocycles. The zero-order valence-corrected chi connectivity index (χ0v) is 18.3. The van der Waals surface area contributed by atoms with Crippen molar-refractivity contribution < 1.29 is 9.90 Å². The van der Waals surface area contributed by atoms with Gasteiger partial charge in [0.05, 0.1) is 5.39 Å². The van der Waals surface area contributed by atoms with Crippen LogP contribution >= 0.6 is 11.3 Å². The summed E-state index contributed by atoms with van der Waals surface area (Å²) in [5, 5.41) is 16.3. The summed E-state index contributed by atoms with van der Waals surface area (Å²) in [4.78, 5) is 23.0. The summed E-state index contributed by atoms with van der Waals surface area (Å²) in [6, 6.07) is 23.3. The van der Waals surface area contributed by atoms with Crippen LogP contribution in [0.4, 0.5) is 5.82 Å². The lowest BCUT2D eigenvalue weighted by Crippen LogP contribution is -2.32. The number of thiophene rings is 1. The number of rotatable bonds is 6. The van der Waals surface area contributed by atoms with Crippen LogP contribution < -0.4 is 5.32 Å². The topological polar surface area (TPSA) is 75.1 Å². The van der Waals surface area contributed by atoms with Crippen LogP contribution in [0.3, 0.4) is 0 Å². The number of aromatic nitrogens is 2. The van der Waals surface area contributed by atoms with Crippen molar-refractivity contribution in [2.24, 2.45) is 0 Å². The van der Waals surface area contributed by atoms with Crippen molar-refractivity contribution in [3.05, 3.63) is 89.6 Å². The molecule has 2 heterocycles. The van der Waals surface area contributed by atoms with E-state index in [1.54, 1.807) is 11.3 Å². The Kier molecular flexibility index (Phi) is 5.29. The lowest BCUT2D eigenvalue weighted by Gasteiger charge is -2.17. The lowest BCUT2D eigenvalue weighted by atomic mass is 9.96. The third-order valence-electron chi connectivity index (χ3n) is 5.61. The molecule has 1 unspecified atom stereocenters. The summed E-state index contributed by atoms with van der Waals surface area (Å²) < 4.78 is 0. The molecule has 0 aliphatic heterocycles. The molecule has 5 rings (SSSR count). The number of benzene rings is 3. The van der Waals surface area contributed by atoms with Crippen LogP contribution in [0.15, 0.2) is 79.1 Å². The highest BCUT2D eigenvalue weighted by molar-refractivity contribution is 7.19. The van der Waals surface area contributed by atoms with Gasteiger partial charge in [-0.3, -0.25) is 0 Å². The van der Waals surface area contributed by atoms with Crippen molar-refractivity contribution in [1.29, 1.82) is 0 Å². The fourth-order valence-corrected chi connectivity index (χ4v) is 5.14. The van der Waals surface area contributed by atoms with Gasteiger partial charge in [-0.25, -0.2) is 14.8 Å². The Bertz CT molecular complexity index is 1420. The van der Waals surface area contributed by atoms with E-state index < -0.39 is 12.0 Å². The molecule has 0 amide bonds. The number of hydrogen-bond acceptors (Lipinski definition) is 5. The predicted molar refractivity (Wildman–Crippen MR) is 130 cm³/mol. The second-order valence-electron chi connectivity index (χ2n) is 7.69. The average molecular weight is 440 g/mol. The number of aryl methyl sites for hydroxylation is 1. The number of anilines is 1. The van der Waals surface area contributed by atoms with Gasteiger partial charge in [0, 0.05) is 16.9 Å². The Morgan fingerprint density at radius 2 is 1.75 bits per heavy atom. The van der Waals surface area contributed by atoms with E-state index in [-0.39, 0.29) is 0 Å². The molecular weight excluding hydrogens is 418 g/mol. The van der Waals surface area contributed by atoms with Gasteiger partial charge in [-0.1, -0.05) is 72.8 Å². The van der Waals surface area contributed by atoms with E-state index in [1.165, 1.54) is 6.33 Å². The van der Waals surface area contributed by atoms with E-state index in [1.807, 2.05) is 48.5 Å². The Balaban J connectivity index is 1.64. The zero-order valence-electron chi connectivity index (χ0n) is 17.4. The van der Waals surface area contributed by atoms with Crippen LogP contribution in [0.5, 0.6) is 0 Å². The van der Waals surface area contributed by atoms with Crippen LogP contribution in [0, 0.1) is 6.92 Å². The summed E-state index contributed by atoms with van der Waals surface area (Å²) in [5.74, 6) is -0.370. The van der Waals surface area contributed by atoms with Crippen molar-refractivity contribution in [2.75, 3.05) is 5.32 Å².